The Labute approximate surface area is 130 Å². The van der Waals surface area contributed by atoms with E-state index in [2.05, 4.69) is 42.9 Å². The van der Waals surface area contributed by atoms with Crippen LogP contribution >= 0.6 is 0 Å². The van der Waals surface area contributed by atoms with Gasteiger partial charge in [-0.15, -0.1) is 0 Å². The van der Waals surface area contributed by atoms with Crippen molar-refractivity contribution in [3.8, 4) is 0 Å². The molecule has 124 valence electrons. The average molecular weight is 298 g/mol. The van der Waals surface area contributed by atoms with Crippen LogP contribution in [0.4, 0.5) is 0 Å². The van der Waals surface area contributed by atoms with Gasteiger partial charge < -0.3 is 19.9 Å². The predicted molar refractivity (Wildman–Crippen MR) is 89.9 cm³/mol. The second-order valence-corrected chi connectivity index (χ2v) is 6.38. The van der Waals surface area contributed by atoms with Crippen molar-refractivity contribution in [3.05, 3.63) is 0 Å². The highest BCUT2D eigenvalue weighted by molar-refractivity contribution is 5.80. The van der Waals surface area contributed by atoms with Crippen molar-refractivity contribution in [2.24, 2.45) is 16.8 Å². The Morgan fingerprint density at radius 2 is 1.95 bits per heavy atom. The highest BCUT2D eigenvalue weighted by Gasteiger charge is 2.23. The lowest BCUT2D eigenvalue weighted by molar-refractivity contribution is 0.162. The van der Waals surface area contributed by atoms with Crippen LogP contribution in [0.15, 0.2) is 4.99 Å². The molecule has 0 aliphatic carbocycles. The fraction of sp³-hybridized carbons (Fsp3) is 0.938. The second kappa shape index (κ2) is 10.0. The van der Waals surface area contributed by atoms with Crippen LogP contribution in [0.2, 0.25) is 0 Å². The summed E-state index contributed by atoms with van der Waals surface area (Å²) in [5.74, 6) is 2.58. The van der Waals surface area contributed by atoms with Crippen molar-refractivity contribution in [3.63, 3.8) is 0 Å². The van der Waals surface area contributed by atoms with Crippen LogP contribution in [-0.2, 0) is 4.74 Å². The molecule has 1 fully saturated rings. The maximum Gasteiger partial charge on any atom is 0.193 e. The number of likely N-dealkylation sites (tertiary alicyclic amines) is 1. The van der Waals surface area contributed by atoms with Crippen LogP contribution in [-0.4, -0.2) is 75.8 Å². The number of hydrogen-bond acceptors (Lipinski definition) is 3. The Morgan fingerprint density at radius 3 is 2.52 bits per heavy atom. The minimum absolute atomic E-state index is 0.752. The Kier molecular flexibility index (Phi) is 8.69. The summed E-state index contributed by atoms with van der Waals surface area (Å²) in [5.41, 5.74) is 0. The monoisotopic (exact) mass is 298 g/mol. The summed E-state index contributed by atoms with van der Waals surface area (Å²) in [6.07, 6.45) is 1.33. The van der Waals surface area contributed by atoms with E-state index >= 15 is 0 Å². The first-order valence-corrected chi connectivity index (χ1v) is 8.27. The van der Waals surface area contributed by atoms with Crippen LogP contribution in [0, 0.1) is 11.8 Å². The third kappa shape index (κ3) is 7.14. The van der Waals surface area contributed by atoms with E-state index in [1.165, 1.54) is 6.42 Å². The van der Waals surface area contributed by atoms with E-state index in [-0.39, 0.29) is 0 Å². The highest BCUT2D eigenvalue weighted by atomic mass is 16.5. The van der Waals surface area contributed by atoms with Gasteiger partial charge in [-0.1, -0.05) is 13.8 Å². The summed E-state index contributed by atoms with van der Waals surface area (Å²) in [7, 11) is 3.86. The molecule has 1 aliphatic rings. The second-order valence-electron chi connectivity index (χ2n) is 6.38. The molecule has 0 aromatic heterocycles. The number of methoxy groups -OCH3 is 1. The smallest absolute Gasteiger partial charge is 0.193 e. The lowest BCUT2D eigenvalue weighted by atomic mass is 9.92. The zero-order valence-corrected chi connectivity index (χ0v) is 14.6. The number of nitrogens with zero attached hydrogens (tertiary/aromatic N) is 3. The van der Waals surface area contributed by atoms with Crippen molar-refractivity contribution in [1.29, 1.82) is 0 Å². The Balaban J connectivity index is 2.49. The average Bonchev–Trinajstić information content (AvgIpc) is 2.43. The molecule has 21 heavy (non-hydrogen) atoms. The van der Waals surface area contributed by atoms with Crippen LogP contribution in [0.3, 0.4) is 0 Å². The minimum Gasteiger partial charge on any atom is -0.383 e. The molecule has 0 aromatic rings. The third-order valence-electron chi connectivity index (χ3n) is 3.92. The van der Waals surface area contributed by atoms with Crippen molar-refractivity contribution in [2.75, 3.05) is 60.0 Å². The first kappa shape index (κ1) is 18.2. The van der Waals surface area contributed by atoms with Gasteiger partial charge in [-0.2, -0.15) is 0 Å². The van der Waals surface area contributed by atoms with Gasteiger partial charge in [-0.25, -0.2) is 0 Å². The Morgan fingerprint density at radius 1 is 1.29 bits per heavy atom. The number of hydrogen-bond donors (Lipinski definition) is 1. The molecule has 5 heteroatoms. The van der Waals surface area contributed by atoms with Crippen LogP contribution in [0.5, 0.6) is 0 Å². The first-order valence-electron chi connectivity index (χ1n) is 8.27. The number of guanidine groups is 1. The van der Waals surface area contributed by atoms with Gasteiger partial charge in [0.2, 0.25) is 0 Å². The molecular weight excluding hydrogens is 264 g/mol. The van der Waals surface area contributed by atoms with Gasteiger partial charge in [0.15, 0.2) is 5.96 Å². The molecule has 1 rings (SSSR count). The summed E-state index contributed by atoms with van der Waals surface area (Å²) in [5, 5.41) is 3.44. The molecule has 1 aliphatic heterocycles. The van der Waals surface area contributed by atoms with Gasteiger partial charge in [-0.3, -0.25) is 4.99 Å². The van der Waals surface area contributed by atoms with E-state index < -0.39 is 0 Å². The van der Waals surface area contributed by atoms with Gasteiger partial charge in [0.1, 0.15) is 0 Å². The van der Waals surface area contributed by atoms with Gasteiger partial charge in [-0.05, 0) is 32.2 Å². The fourth-order valence-corrected chi connectivity index (χ4v) is 2.95. The quantitative estimate of drug-likeness (QED) is 0.571. The fourth-order valence-electron chi connectivity index (χ4n) is 2.95. The lowest BCUT2D eigenvalue weighted by Crippen LogP contribution is -2.48. The van der Waals surface area contributed by atoms with Crippen molar-refractivity contribution >= 4 is 5.96 Å². The predicted octanol–water partition coefficient (Wildman–Crippen LogP) is 1.51. The summed E-state index contributed by atoms with van der Waals surface area (Å²) in [4.78, 5) is 9.49. The molecule has 2 unspecified atom stereocenters. The van der Waals surface area contributed by atoms with Gasteiger partial charge in [0.25, 0.3) is 0 Å². The standard InChI is InChI=1S/C16H34N4O/c1-6-17-16(18-7-8-19(4)9-10-21-5)20-12-14(2)11-15(3)13-20/h14-15H,6-13H2,1-5H3,(H,17,18). The first-order chi connectivity index (χ1) is 10.1. The largest absolute Gasteiger partial charge is 0.383 e. The van der Waals surface area contributed by atoms with E-state index in [0.717, 1.165) is 63.7 Å². The van der Waals surface area contributed by atoms with Crippen LogP contribution in [0.1, 0.15) is 27.2 Å². The molecule has 1 saturated heterocycles. The topological polar surface area (TPSA) is 40.1 Å². The molecule has 0 aromatic carbocycles. The highest BCUT2D eigenvalue weighted by Crippen LogP contribution is 2.20. The molecule has 1 N–H and O–H groups in total. The molecule has 0 saturated carbocycles. The number of nitrogens with one attached hydrogen (secondary N) is 1. The van der Waals surface area contributed by atoms with E-state index in [1.54, 1.807) is 7.11 Å². The third-order valence-corrected chi connectivity index (χ3v) is 3.92. The van der Waals surface area contributed by atoms with Gasteiger partial charge in [0, 0.05) is 39.8 Å². The molecule has 0 amide bonds. The number of likely N-dealkylation sites (N-methyl/N-ethyl adjacent to an activating group) is 1. The Bertz CT molecular complexity index is 299. The molecule has 0 bridgehead atoms. The summed E-state index contributed by atoms with van der Waals surface area (Å²) in [6.45, 7) is 13.5. The molecule has 2 atom stereocenters. The number of aliphatic imine (C=N–C) groups is 1. The maximum absolute atomic E-state index is 5.10. The van der Waals surface area contributed by atoms with Gasteiger partial charge in [0.05, 0.1) is 13.2 Å². The maximum atomic E-state index is 5.10. The minimum atomic E-state index is 0.752. The van der Waals surface area contributed by atoms with Crippen molar-refractivity contribution in [2.45, 2.75) is 27.2 Å². The normalized spacial score (nSPS) is 23.7. The molecule has 5 nitrogen and oxygen atoms in total. The lowest BCUT2D eigenvalue weighted by Gasteiger charge is -2.37. The van der Waals surface area contributed by atoms with E-state index in [0.29, 0.717) is 0 Å². The summed E-state index contributed by atoms with van der Waals surface area (Å²) < 4.78 is 5.10. The molecule has 0 spiro atoms. The Hall–Kier alpha value is -0.810. The van der Waals surface area contributed by atoms with Gasteiger partial charge >= 0.3 is 0 Å². The summed E-state index contributed by atoms with van der Waals surface area (Å²) >= 11 is 0. The van der Waals surface area contributed by atoms with E-state index in [9.17, 15) is 0 Å². The van der Waals surface area contributed by atoms with Crippen molar-refractivity contribution in [1.82, 2.24) is 15.1 Å². The molecular formula is C16H34N4O. The number of ether oxygens (including phenoxy) is 1. The van der Waals surface area contributed by atoms with Crippen LogP contribution < -0.4 is 5.32 Å². The molecule has 1 heterocycles. The van der Waals surface area contributed by atoms with Crippen LogP contribution in [0.25, 0.3) is 0 Å². The summed E-state index contributed by atoms with van der Waals surface area (Å²) in [6, 6.07) is 0. The van der Waals surface area contributed by atoms with E-state index in [4.69, 9.17) is 9.73 Å². The number of rotatable bonds is 7. The molecule has 0 radical (unpaired) electrons. The zero-order valence-electron chi connectivity index (χ0n) is 14.6. The van der Waals surface area contributed by atoms with E-state index in [1.807, 2.05) is 0 Å². The zero-order chi connectivity index (χ0) is 15.7. The number of piperidine rings is 1. The SMILES string of the molecule is CCNC(=NCCN(C)CCOC)N1CC(C)CC(C)C1. The van der Waals surface area contributed by atoms with Crippen molar-refractivity contribution < 1.29 is 4.74 Å².